The summed E-state index contributed by atoms with van der Waals surface area (Å²) in [7, 11) is 0. The monoisotopic (exact) mass is 621 g/mol. The van der Waals surface area contributed by atoms with Crippen molar-refractivity contribution in [3.63, 3.8) is 0 Å². The number of aromatic nitrogens is 2. The van der Waals surface area contributed by atoms with Crippen LogP contribution < -0.4 is 10.3 Å². The highest BCUT2D eigenvalue weighted by molar-refractivity contribution is 5.88. The Hall–Kier alpha value is -5.49. The zero-order chi connectivity index (χ0) is 32.6. The number of rotatable bonds is 12. The first kappa shape index (κ1) is 31.5. The van der Waals surface area contributed by atoms with E-state index in [0.717, 1.165) is 22.4 Å². The van der Waals surface area contributed by atoms with Gasteiger partial charge in [-0.1, -0.05) is 110 Å². The number of hydrogen-bond acceptors (Lipinski definition) is 4. The van der Waals surface area contributed by atoms with Crippen molar-refractivity contribution < 1.29 is 9.53 Å². The maximum absolute atomic E-state index is 15.1. The third-order valence-corrected chi connectivity index (χ3v) is 8.55. The zero-order valence-corrected chi connectivity index (χ0v) is 26.8. The molecule has 1 heterocycles. The number of carbonyl (C=O) groups is 1. The van der Waals surface area contributed by atoms with E-state index in [4.69, 9.17) is 9.72 Å². The summed E-state index contributed by atoms with van der Waals surface area (Å²) >= 11 is 0. The van der Waals surface area contributed by atoms with Crippen LogP contribution in [0.4, 0.5) is 0 Å². The fourth-order valence-corrected chi connectivity index (χ4v) is 6.27. The molecule has 6 heteroatoms. The van der Waals surface area contributed by atoms with Crippen LogP contribution in [0.2, 0.25) is 0 Å². The molecule has 0 aliphatic heterocycles. The fraction of sp³-hybridized carbons (Fsp3) is 0.195. The number of hydrogen-bond donors (Lipinski definition) is 0. The summed E-state index contributed by atoms with van der Waals surface area (Å²) in [5, 5.41) is 0.522. The number of ether oxygens (including phenoxy) is 1. The zero-order valence-electron chi connectivity index (χ0n) is 26.8. The van der Waals surface area contributed by atoms with E-state index in [0.29, 0.717) is 48.4 Å². The summed E-state index contributed by atoms with van der Waals surface area (Å²) in [6, 6.07) is 44.5. The smallest absolute Gasteiger partial charge is 0.266 e. The minimum Gasteiger partial charge on any atom is -0.494 e. The van der Waals surface area contributed by atoms with Gasteiger partial charge in [0.2, 0.25) is 5.91 Å². The number of carbonyl (C=O) groups excluding carboxylic acids is 1. The van der Waals surface area contributed by atoms with Crippen LogP contribution in [0.3, 0.4) is 0 Å². The molecular formula is C41H39N3O3. The molecule has 0 N–H and O–H groups in total. The molecule has 0 saturated heterocycles. The van der Waals surface area contributed by atoms with Crippen molar-refractivity contribution in [2.45, 2.75) is 38.6 Å². The SMILES string of the molecule is CCOc1ccc(-n2c(C(CC)N(CCc3ccccc3)C(=O)C(c3ccccc3)c3ccccc3)nc3ccccc3c2=O)cc1. The Labute approximate surface area is 275 Å². The van der Waals surface area contributed by atoms with E-state index in [1.165, 1.54) is 0 Å². The number of para-hydroxylation sites is 1. The number of amides is 1. The molecule has 0 fully saturated rings. The van der Waals surface area contributed by atoms with E-state index in [1.807, 2.05) is 133 Å². The highest BCUT2D eigenvalue weighted by Gasteiger charge is 2.34. The molecule has 0 aliphatic carbocycles. The van der Waals surface area contributed by atoms with Gasteiger partial charge in [-0.25, -0.2) is 4.98 Å². The maximum atomic E-state index is 15.1. The standard InChI is InChI=1S/C41H39N3O3/c1-3-37(39-42-36-23-15-14-22-35(36)40(45)44(39)33-24-26-34(27-25-33)47-4-2)43(29-28-30-16-8-5-9-17-30)41(46)38(31-18-10-6-11-19-31)32-20-12-7-13-21-32/h5-27,37-38H,3-4,28-29H2,1-2H3. The van der Waals surface area contributed by atoms with Crippen LogP contribution in [0.25, 0.3) is 16.6 Å². The van der Waals surface area contributed by atoms with Crippen molar-refractivity contribution in [2.24, 2.45) is 0 Å². The van der Waals surface area contributed by atoms with Gasteiger partial charge in [0.1, 0.15) is 11.6 Å². The molecule has 6 aromatic rings. The molecular weight excluding hydrogens is 582 g/mol. The highest BCUT2D eigenvalue weighted by Crippen LogP contribution is 2.33. The Morgan fingerprint density at radius 3 is 1.91 bits per heavy atom. The predicted molar refractivity (Wildman–Crippen MR) is 188 cm³/mol. The Kier molecular flexibility index (Phi) is 9.87. The van der Waals surface area contributed by atoms with Crippen LogP contribution in [0.15, 0.2) is 144 Å². The summed E-state index contributed by atoms with van der Waals surface area (Å²) in [4.78, 5) is 36.6. The molecule has 0 radical (unpaired) electrons. The average molecular weight is 622 g/mol. The second-order valence-corrected chi connectivity index (χ2v) is 11.5. The molecule has 0 aliphatic rings. The molecule has 0 bridgehead atoms. The topological polar surface area (TPSA) is 64.4 Å². The molecule has 236 valence electrons. The Morgan fingerprint density at radius 1 is 0.745 bits per heavy atom. The van der Waals surface area contributed by atoms with Gasteiger partial charge in [-0.15, -0.1) is 0 Å². The summed E-state index contributed by atoms with van der Waals surface area (Å²) in [5.74, 6) is 0.681. The van der Waals surface area contributed by atoms with Crippen LogP contribution in [0.1, 0.15) is 54.7 Å². The third kappa shape index (κ3) is 6.87. The van der Waals surface area contributed by atoms with Crippen molar-refractivity contribution >= 4 is 16.8 Å². The molecule has 1 aromatic heterocycles. The Balaban J connectivity index is 1.53. The average Bonchev–Trinajstić information content (AvgIpc) is 3.12. The molecule has 47 heavy (non-hydrogen) atoms. The van der Waals surface area contributed by atoms with Gasteiger partial charge in [0.05, 0.1) is 35.2 Å². The van der Waals surface area contributed by atoms with Crippen LogP contribution in [0, 0.1) is 0 Å². The van der Waals surface area contributed by atoms with Crippen LogP contribution >= 0.6 is 0 Å². The van der Waals surface area contributed by atoms with Crippen LogP contribution in [0.5, 0.6) is 5.75 Å². The third-order valence-electron chi connectivity index (χ3n) is 8.55. The maximum Gasteiger partial charge on any atom is 0.266 e. The van der Waals surface area contributed by atoms with Gasteiger partial charge in [-0.3, -0.25) is 14.2 Å². The van der Waals surface area contributed by atoms with Gasteiger partial charge in [-0.05, 0) is 72.9 Å². The van der Waals surface area contributed by atoms with Gasteiger partial charge in [0.15, 0.2) is 0 Å². The lowest BCUT2D eigenvalue weighted by Crippen LogP contribution is -2.42. The van der Waals surface area contributed by atoms with E-state index in [-0.39, 0.29) is 11.5 Å². The summed E-state index contributed by atoms with van der Waals surface area (Å²) in [6.45, 7) is 4.98. The van der Waals surface area contributed by atoms with Crippen molar-refractivity contribution in [2.75, 3.05) is 13.2 Å². The van der Waals surface area contributed by atoms with E-state index in [9.17, 15) is 4.79 Å². The lowest BCUT2D eigenvalue weighted by atomic mass is 9.89. The highest BCUT2D eigenvalue weighted by atomic mass is 16.5. The first-order chi connectivity index (χ1) is 23.1. The first-order valence-corrected chi connectivity index (χ1v) is 16.3. The number of benzene rings is 5. The Morgan fingerprint density at radius 2 is 1.32 bits per heavy atom. The predicted octanol–water partition coefficient (Wildman–Crippen LogP) is 8.14. The minimum absolute atomic E-state index is 0.0363. The molecule has 6 rings (SSSR count). The van der Waals surface area contributed by atoms with E-state index < -0.39 is 12.0 Å². The van der Waals surface area contributed by atoms with E-state index >= 15 is 4.79 Å². The van der Waals surface area contributed by atoms with Crippen LogP contribution in [-0.2, 0) is 11.2 Å². The van der Waals surface area contributed by atoms with Gasteiger partial charge in [0, 0.05) is 6.54 Å². The number of nitrogens with zero attached hydrogens (tertiary/aromatic N) is 3. The second kappa shape index (κ2) is 14.7. The van der Waals surface area contributed by atoms with Gasteiger partial charge >= 0.3 is 0 Å². The van der Waals surface area contributed by atoms with Crippen LogP contribution in [-0.4, -0.2) is 33.5 Å². The van der Waals surface area contributed by atoms with E-state index in [2.05, 4.69) is 19.1 Å². The lowest BCUT2D eigenvalue weighted by molar-refractivity contribution is -0.134. The van der Waals surface area contributed by atoms with Crippen molar-refractivity contribution in [1.29, 1.82) is 0 Å². The summed E-state index contributed by atoms with van der Waals surface area (Å²) in [6.07, 6.45) is 1.21. The fourth-order valence-electron chi connectivity index (χ4n) is 6.27. The Bertz CT molecular complexity index is 1940. The molecule has 1 amide bonds. The molecule has 0 saturated carbocycles. The molecule has 1 unspecified atom stereocenters. The normalized spacial score (nSPS) is 11.8. The van der Waals surface area contributed by atoms with Gasteiger partial charge in [-0.2, -0.15) is 0 Å². The second-order valence-electron chi connectivity index (χ2n) is 11.5. The summed E-state index contributed by atoms with van der Waals surface area (Å²) in [5.41, 5.74) is 4.06. The molecule has 6 nitrogen and oxygen atoms in total. The van der Waals surface area contributed by atoms with Crippen molar-refractivity contribution in [3.8, 4) is 11.4 Å². The summed E-state index contributed by atoms with van der Waals surface area (Å²) < 4.78 is 7.37. The number of fused-ring (bicyclic) bond motifs is 1. The quantitative estimate of drug-likeness (QED) is 0.138. The molecule has 5 aromatic carbocycles. The van der Waals surface area contributed by atoms with Gasteiger partial charge < -0.3 is 9.64 Å². The molecule has 0 spiro atoms. The minimum atomic E-state index is -0.534. The lowest BCUT2D eigenvalue weighted by Gasteiger charge is -2.35. The van der Waals surface area contributed by atoms with Crippen molar-refractivity contribution in [3.05, 3.63) is 172 Å². The van der Waals surface area contributed by atoms with E-state index in [1.54, 1.807) is 10.6 Å². The van der Waals surface area contributed by atoms with Gasteiger partial charge in [0.25, 0.3) is 5.56 Å². The largest absolute Gasteiger partial charge is 0.494 e. The first-order valence-electron chi connectivity index (χ1n) is 16.3. The van der Waals surface area contributed by atoms with Crippen molar-refractivity contribution in [1.82, 2.24) is 14.5 Å². The molecule has 1 atom stereocenters.